The van der Waals surface area contributed by atoms with Crippen molar-refractivity contribution < 1.29 is 8.42 Å². The third-order valence-corrected chi connectivity index (χ3v) is 7.11. The van der Waals surface area contributed by atoms with Crippen LogP contribution in [0.3, 0.4) is 0 Å². The van der Waals surface area contributed by atoms with Gasteiger partial charge in [-0.15, -0.1) is 0 Å². The van der Waals surface area contributed by atoms with Gasteiger partial charge in [0.15, 0.2) is 5.11 Å². The molecule has 0 amide bonds. The molecule has 0 saturated carbocycles. The summed E-state index contributed by atoms with van der Waals surface area (Å²) >= 11 is 11.3. The molecule has 8 heteroatoms. The van der Waals surface area contributed by atoms with Gasteiger partial charge in [-0.2, -0.15) is 4.31 Å². The van der Waals surface area contributed by atoms with E-state index in [1.165, 1.54) is 4.31 Å². The average molecular weight is 424 g/mol. The smallest absolute Gasteiger partial charge is 0.243 e. The van der Waals surface area contributed by atoms with Crippen LogP contribution in [0, 0.1) is 6.92 Å². The molecule has 144 valence electrons. The van der Waals surface area contributed by atoms with Gasteiger partial charge in [0.05, 0.1) is 4.90 Å². The van der Waals surface area contributed by atoms with Crippen LogP contribution in [-0.2, 0) is 16.6 Å². The minimum Gasteiger partial charge on any atom is -0.358 e. The van der Waals surface area contributed by atoms with Gasteiger partial charge in [-0.3, -0.25) is 0 Å². The van der Waals surface area contributed by atoms with Crippen molar-refractivity contribution in [3.05, 3.63) is 64.7 Å². The van der Waals surface area contributed by atoms with Gasteiger partial charge in [0.2, 0.25) is 10.0 Å². The van der Waals surface area contributed by atoms with Crippen LogP contribution in [-0.4, -0.2) is 48.9 Å². The Labute approximate surface area is 171 Å². The number of rotatable bonds is 4. The van der Waals surface area contributed by atoms with Crippen LogP contribution >= 0.6 is 23.8 Å². The number of hydrogen-bond acceptors (Lipinski definition) is 3. The van der Waals surface area contributed by atoms with E-state index in [1.54, 1.807) is 12.1 Å². The number of sulfonamides is 1. The van der Waals surface area contributed by atoms with Gasteiger partial charge in [-0.25, -0.2) is 8.42 Å². The number of nitrogens with zero attached hydrogens (tertiary/aromatic N) is 2. The summed E-state index contributed by atoms with van der Waals surface area (Å²) in [6.45, 7) is 4.51. The molecular formula is C19H22ClN3O2S2. The lowest BCUT2D eigenvalue weighted by Crippen LogP contribution is -2.52. The maximum atomic E-state index is 12.8. The largest absolute Gasteiger partial charge is 0.358 e. The molecule has 1 N–H and O–H groups in total. The number of aryl methyl sites for hydroxylation is 1. The van der Waals surface area contributed by atoms with Crippen molar-refractivity contribution in [3.63, 3.8) is 0 Å². The highest BCUT2D eigenvalue weighted by Crippen LogP contribution is 2.18. The zero-order valence-corrected chi connectivity index (χ0v) is 17.4. The highest BCUT2D eigenvalue weighted by atomic mass is 35.5. The van der Waals surface area contributed by atoms with E-state index in [2.05, 4.69) is 5.32 Å². The van der Waals surface area contributed by atoms with Crippen molar-refractivity contribution in [2.75, 3.05) is 26.2 Å². The Morgan fingerprint density at radius 2 is 1.63 bits per heavy atom. The lowest BCUT2D eigenvalue weighted by atomic mass is 10.2. The summed E-state index contributed by atoms with van der Waals surface area (Å²) in [5.74, 6) is 0. The second-order valence-corrected chi connectivity index (χ2v) is 9.25. The quantitative estimate of drug-likeness (QED) is 0.766. The predicted octanol–water partition coefficient (Wildman–Crippen LogP) is 3.03. The van der Waals surface area contributed by atoms with Crippen molar-refractivity contribution in [1.82, 2.24) is 14.5 Å². The molecule has 0 spiro atoms. The molecule has 0 aliphatic carbocycles. The Morgan fingerprint density at radius 1 is 1.04 bits per heavy atom. The molecule has 2 aromatic rings. The highest BCUT2D eigenvalue weighted by molar-refractivity contribution is 7.89. The fourth-order valence-corrected chi connectivity index (χ4v) is 4.69. The molecule has 1 aliphatic heterocycles. The van der Waals surface area contributed by atoms with E-state index in [4.69, 9.17) is 23.8 Å². The molecule has 0 unspecified atom stereocenters. The van der Waals surface area contributed by atoms with E-state index < -0.39 is 10.0 Å². The molecule has 0 atom stereocenters. The van der Waals surface area contributed by atoms with Crippen molar-refractivity contribution in [3.8, 4) is 0 Å². The van der Waals surface area contributed by atoms with Crippen molar-refractivity contribution >= 4 is 39.0 Å². The second-order valence-electron chi connectivity index (χ2n) is 6.49. The first kappa shape index (κ1) is 20.1. The molecule has 5 nitrogen and oxygen atoms in total. The molecule has 0 bridgehead atoms. The number of nitrogens with one attached hydrogen (secondary N) is 1. The lowest BCUT2D eigenvalue weighted by molar-refractivity contribution is 0.264. The number of thiocarbonyl (C=S) groups is 1. The zero-order valence-electron chi connectivity index (χ0n) is 15.1. The molecule has 3 rings (SSSR count). The van der Waals surface area contributed by atoms with Gasteiger partial charge in [-0.1, -0.05) is 41.4 Å². The first-order chi connectivity index (χ1) is 12.9. The third-order valence-electron chi connectivity index (χ3n) is 4.54. The van der Waals surface area contributed by atoms with E-state index >= 15 is 0 Å². The van der Waals surface area contributed by atoms with Gasteiger partial charge in [0, 0.05) is 37.7 Å². The summed E-state index contributed by atoms with van der Waals surface area (Å²) < 4.78 is 27.0. The molecule has 0 aromatic heterocycles. The molecule has 0 radical (unpaired) electrons. The fraction of sp³-hybridized carbons (Fsp3) is 0.316. The Hall–Kier alpha value is -1.67. The van der Waals surface area contributed by atoms with Crippen LogP contribution in [0.4, 0.5) is 0 Å². The van der Waals surface area contributed by atoms with Crippen LogP contribution < -0.4 is 5.32 Å². The minimum atomic E-state index is -3.46. The number of halogens is 1. The SMILES string of the molecule is Cc1ccc(S(=O)(=O)N2CCN(C(=S)NCc3ccc(Cl)cc3)CC2)cc1. The van der Waals surface area contributed by atoms with Crippen LogP contribution in [0.25, 0.3) is 0 Å². The molecule has 27 heavy (non-hydrogen) atoms. The number of benzene rings is 2. The summed E-state index contributed by atoms with van der Waals surface area (Å²) in [5.41, 5.74) is 2.12. The van der Waals surface area contributed by atoms with E-state index in [0.717, 1.165) is 11.1 Å². The Morgan fingerprint density at radius 3 is 2.22 bits per heavy atom. The average Bonchev–Trinajstić information content (AvgIpc) is 2.68. The summed E-state index contributed by atoms with van der Waals surface area (Å²) in [7, 11) is -3.46. The van der Waals surface area contributed by atoms with Gasteiger partial charge in [0.25, 0.3) is 0 Å². The first-order valence-corrected chi connectivity index (χ1v) is 10.9. The van der Waals surface area contributed by atoms with Crippen molar-refractivity contribution in [1.29, 1.82) is 0 Å². The van der Waals surface area contributed by atoms with Crippen LogP contribution in [0.2, 0.25) is 5.02 Å². The normalized spacial score (nSPS) is 15.6. The fourth-order valence-electron chi connectivity index (χ4n) is 2.88. The maximum Gasteiger partial charge on any atom is 0.243 e. The summed E-state index contributed by atoms with van der Waals surface area (Å²) in [6, 6.07) is 14.5. The molecular weight excluding hydrogens is 402 g/mol. The third kappa shape index (κ3) is 4.99. The topological polar surface area (TPSA) is 52.7 Å². The summed E-state index contributed by atoms with van der Waals surface area (Å²) in [4.78, 5) is 2.34. The van der Waals surface area contributed by atoms with Gasteiger partial charge in [0.1, 0.15) is 0 Å². The van der Waals surface area contributed by atoms with Crippen molar-refractivity contribution in [2.24, 2.45) is 0 Å². The highest BCUT2D eigenvalue weighted by Gasteiger charge is 2.29. The van der Waals surface area contributed by atoms with Crippen LogP contribution in [0.1, 0.15) is 11.1 Å². The summed E-state index contributed by atoms with van der Waals surface area (Å²) in [6.07, 6.45) is 0. The predicted molar refractivity (Wildman–Crippen MR) is 112 cm³/mol. The van der Waals surface area contributed by atoms with Gasteiger partial charge < -0.3 is 10.2 Å². The second kappa shape index (κ2) is 8.56. The van der Waals surface area contributed by atoms with Crippen LogP contribution in [0.5, 0.6) is 0 Å². The Kier molecular flexibility index (Phi) is 6.37. The van der Waals surface area contributed by atoms with Crippen LogP contribution in [0.15, 0.2) is 53.4 Å². The van der Waals surface area contributed by atoms with E-state index in [1.807, 2.05) is 48.2 Å². The molecule has 1 heterocycles. The van der Waals surface area contributed by atoms with E-state index in [9.17, 15) is 8.42 Å². The van der Waals surface area contributed by atoms with Crippen molar-refractivity contribution in [2.45, 2.75) is 18.4 Å². The summed E-state index contributed by atoms with van der Waals surface area (Å²) in [5, 5.41) is 4.56. The maximum absolute atomic E-state index is 12.8. The van der Waals surface area contributed by atoms with Gasteiger partial charge in [-0.05, 0) is 49.0 Å². The Bertz CT molecular complexity index is 892. The number of piperazine rings is 1. The number of hydrogen-bond donors (Lipinski definition) is 1. The monoisotopic (exact) mass is 423 g/mol. The first-order valence-electron chi connectivity index (χ1n) is 8.70. The van der Waals surface area contributed by atoms with E-state index in [-0.39, 0.29) is 0 Å². The van der Waals surface area contributed by atoms with E-state index in [0.29, 0.717) is 47.8 Å². The lowest BCUT2D eigenvalue weighted by Gasteiger charge is -2.35. The zero-order chi connectivity index (χ0) is 19.4. The van der Waals surface area contributed by atoms with Gasteiger partial charge >= 0.3 is 0 Å². The standard InChI is InChI=1S/C19H22ClN3O2S2/c1-15-2-8-18(9-3-15)27(24,25)23-12-10-22(11-13-23)19(26)21-14-16-4-6-17(20)7-5-16/h2-9H,10-14H2,1H3,(H,21,26). The molecule has 1 saturated heterocycles. The molecule has 2 aromatic carbocycles. The Balaban J connectivity index is 1.54. The molecule has 1 aliphatic rings. The molecule has 1 fully saturated rings. The minimum absolute atomic E-state index is 0.338.